The van der Waals surface area contributed by atoms with Crippen molar-refractivity contribution in [3.05, 3.63) is 65.5 Å². The molecule has 6 nitrogen and oxygen atoms in total. The van der Waals surface area contributed by atoms with Crippen molar-refractivity contribution in [2.45, 2.75) is 25.7 Å². The molecular formula is C18H18N2O4S. The van der Waals surface area contributed by atoms with Crippen molar-refractivity contribution in [3.63, 3.8) is 0 Å². The lowest BCUT2D eigenvalue weighted by atomic mass is 10.2. The largest absolute Gasteiger partial charge is 0.506 e. The fourth-order valence-electron chi connectivity index (χ4n) is 2.52. The molecule has 0 atom stereocenters. The third kappa shape index (κ3) is 3.36. The van der Waals surface area contributed by atoms with E-state index in [-0.39, 0.29) is 22.1 Å². The van der Waals surface area contributed by atoms with Gasteiger partial charge in [-0.2, -0.15) is 13.5 Å². The molecule has 2 aromatic carbocycles. The van der Waals surface area contributed by atoms with Gasteiger partial charge in [-0.15, -0.1) is 0 Å². The Balaban J connectivity index is 2.08. The molecule has 25 heavy (non-hydrogen) atoms. The number of aromatic nitrogens is 2. The first-order valence-corrected chi connectivity index (χ1v) is 9.05. The standard InChI is InChI=1S/C18H18N2O4S/c1-12-7-9-15(10-8-12)25(22,23)24-17-6-4-5-16(21)18(17)20-14(3)11-13(2)19-20/h4-11,21H,1-3H3. The summed E-state index contributed by atoms with van der Waals surface area (Å²) >= 11 is 0. The topological polar surface area (TPSA) is 81.4 Å². The van der Waals surface area contributed by atoms with E-state index in [0.29, 0.717) is 0 Å². The highest BCUT2D eigenvalue weighted by Gasteiger charge is 2.22. The number of benzene rings is 2. The van der Waals surface area contributed by atoms with Crippen LogP contribution in [0.15, 0.2) is 53.4 Å². The van der Waals surface area contributed by atoms with Crippen molar-refractivity contribution < 1.29 is 17.7 Å². The van der Waals surface area contributed by atoms with Gasteiger partial charge in [0.2, 0.25) is 0 Å². The van der Waals surface area contributed by atoms with Crippen LogP contribution in [0.1, 0.15) is 17.0 Å². The third-order valence-corrected chi connectivity index (χ3v) is 4.96. The molecule has 7 heteroatoms. The van der Waals surface area contributed by atoms with Gasteiger partial charge >= 0.3 is 10.1 Å². The summed E-state index contributed by atoms with van der Waals surface area (Å²) in [6.07, 6.45) is 0. The first-order valence-electron chi connectivity index (χ1n) is 7.65. The lowest BCUT2D eigenvalue weighted by Gasteiger charge is -2.14. The highest BCUT2D eigenvalue weighted by molar-refractivity contribution is 7.87. The van der Waals surface area contributed by atoms with Crippen LogP contribution >= 0.6 is 0 Å². The monoisotopic (exact) mass is 358 g/mol. The number of rotatable bonds is 4. The molecule has 0 aliphatic carbocycles. The third-order valence-electron chi connectivity index (χ3n) is 3.71. The molecule has 130 valence electrons. The molecule has 0 amide bonds. The molecular weight excluding hydrogens is 340 g/mol. The normalized spacial score (nSPS) is 11.5. The number of aryl methyl sites for hydroxylation is 3. The molecule has 0 unspecified atom stereocenters. The van der Waals surface area contributed by atoms with Crippen molar-refractivity contribution in [2.24, 2.45) is 0 Å². The second-order valence-corrected chi connectivity index (χ2v) is 7.36. The Morgan fingerprint density at radius 2 is 1.72 bits per heavy atom. The van der Waals surface area contributed by atoms with E-state index in [0.717, 1.165) is 17.0 Å². The van der Waals surface area contributed by atoms with E-state index in [1.807, 2.05) is 26.8 Å². The van der Waals surface area contributed by atoms with Crippen molar-refractivity contribution in [2.75, 3.05) is 0 Å². The molecule has 0 aliphatic rings. The Hall–Kier alpha value is -2.80. The average molecular weight is 358 g/mol. The van der Waals surface area contributed by atoms with Crippen LogP contribution in [-0.4, -0.2) is 23.3 Å². The summed E-state index contributed by atoms with van der Waals surface area (Å²) in [5.41, 5.74) is 2.62. The zero-order valence-corrected chi connectivity index (χ0v) is 14.9. The second-order valence-electron chi connectivity index (χ2n) is 5.81. The first-order chi connectivity index (χ1) is 11.8. The lowest BCUT2D eigenvalue weighted by Crippen LogP contribution is -2.12. The van der Waals surface area contributed by atoms with Gasteiger partial charge in [0.1, 0.15) is 10.6 Å². The molecule has 0 saturated heterocycles. The summed E-state index contributed by atoms with van der Waals surface area (Å²) in [6.45, 7) is 5.49. The number of phenolic OH excluding ortho intramolecular Hbond substituents is 1. The Labute approximate surface area is 146 Å². The smallest absolute Gasteiger partial charge is 0.339 e. The van der Waals surface area contributed by atoms with E-state index in [2.05, 4.69) is 5.10 Å². The van der Waals surface area contributed by atoms with E-state index < -0.39 is 10.1 Å². The molecule has 1 N–H and O–H groups in total. The predicted molar refractivity (Wildman–Crippen MR) is 93.7 cm³/mol. The van der Waals surface area contributed by atoms with Crippen molar-refractivity contribution in [1.29, 1.82) is 0 Å². The van der Waals surface area contributed by atoms with Crippen molar-refractivity contribution in [1.82, 2.24) is 9.78 Å². The Bertz CT molecular complexity index is 1020. The van der Waals surface area contributed by atoms with Gasteiger partial charge in [-0.1, -0.05) is 23.8 Å². The average Bonchev–Trinajstić information content (AvgIpc) is 2.86. The fourth-order valence-corrected chi connectivity index (χ4v) is 3.45. The number of para-hydroxylation sites is 1. The van der Waals surface area contributed by atoms with Crippen LogP contribution in [0.3, 0.4) is 0 Å². The maximum Gasteiger partial charge on any atom is 0.339 e. The summed E-state index contributed by atoms with van der Waals surface area (Å²) in [6, 6.07) is 12.6. The quantitative estimate of drug-likeness (QED) is 0.724. The molecule has 0 bridgehead atoms. The highest BCUT2D eigenvalue weighted by Crippen LogP contribution is 2.34. The summed E-state index contributed by atoms with van der Waals surface area (Å²) in [5.74, 6) is -0.116. The summed E-state index contributed by atoms with van der Waals surface area (Å²) in [4.78, 5) is 0.0424. The number of hydrogen-bond acceptors (Lipinski definition) is 5. The molecule has 3 rings (SSSR count). The summed E-state index contributed by atoms with van der Waals surface area (Å²) in [7, 11) is -4.04. The SMILES string of the molecule is Cc1ccc(S(=O)(=O)Oc2cccc(O)c2-n2nc(C)cc2C)cc1. The van der Waals surface area contributed by atoms with Gasteiger partial charge < -0.3 is 9.29 Å². The van der Waals surface area contributed by atoms with Gasteiger partial charge in [0.05, 0.1) is 5.69 Å². The van der Waals surface area contributed by atoms with Crippen LogP contribution in [-0.2, 0) is 10.1 Å². The van der Waals surface area contributed by atoms with Crippen LogP contribution in [0.2, 0.25) is 0 Å². The van der Waals surface area contributed by atoms with Gasteiger partial charge in [-0.05, 0) is 51.1 Å². The highest BCUT2D eigenvalue weighted by atomic mass is 32.2. The molecule has 0 radical (unpaired) electrons. The number of nitrogens with zero attached hydrogens (tertiary/aromatic N) is 2. The zero-order chi connectivity index (χ0) is 18.2. The van der Waals surface area contributed by atoms with Crippen LogP contribution in [0.4, 0.5) is 0 Å². The van der Waals surface area contributed by atoms with E-state index >= 15 is 0 Å². The fraction of sp³-hybridized carbons (Fsp3) is 0.167. The van der Waals surface area contributed by atoms with Gasteiger partial charge in [-0.3, -0.25) is 0 Å². The molecule has 1 aromatic heterocycles. The van der Waals surface area contributed by atoms with Crippen molar-refractivity contribution >= 4 is 10.1 Å². The maximum atomic E-state index is 12.6. The van der Waals surface area contributed by atoms with E-state index in [1.54, 1.807) is 12.1 Å². The van der Waals surface area contributed by atoms with E-state index in [1.165, 1.54) is 35.0 Å². The van der Waals surface area contributed by atoms with Crippen LogP contribution in [0.5, 0.6) is 11.5 Å². The minimum absolute atomic E-state index is 0.00627. The minimum atomic E-state index is -4.04. The number of phenols is 1. The van der Waals surface area contributed by atoms with E-state index in [4.69, 9.17) is 4.18 Å². The molecule has 0 saturated carbocycles. The van der Waals surface area contributed by atoms with Crippen LogP contribution in [0, 0.1) is 20.8 Å². The van der Waals surface area contributed by atoms with Gasteiger partial charge in [-0.25, -0.2) is 4.68 Å². The number of aromatic hydroxyl groups is 1. The molecule has 0 fully saturated rings. The maximum absolute atomic E-state index is 12.6. The number of hydrogen-bond donors (Lipinski definition) is 1. The second kappa shape index (κ2) is 6.25. The molecule has 0 spiro atoms. The van der Waals surface area contributed by atoms with E-state index in [9.17, 15) is 13.5 Å². The van der Waals surface area contributed by atoms with Gasteiger partial charge in [0.15, 0.2) is 11.4 Å². The molecule has 0 aliphatic heterocycles. The first kappa shape index (κ1) is 17.0. The van der Waals surface area contributed by atoms with Crippen molar-refractivity contribution in [3.8, 4) is 17.2 Å². The zero-order valence-electron chi connectivity index (χ0n) is 14.1. The summed E-state index contributed by atoms with van der Waals surface area (Å²) < 4.78 is 31.9. The van der Waals surface area contributed by atoms with Gasteiger partial charge in [0, 0.05) is 5.69 Å². The predicted octanol–water partition coefficient (Wildman–Crippen LogP) is 3.27. The Kier molecular flexibility index (Phi) is 4.26. The molecule has 1 heterocycles. The van der Waals surface area contributed by atoms with Crippen LogP contribution < -0.4 is 4.18 Å². The summed E-state index contributed by atoms with van der Waals surface area (Å²) in [5, 5.41) is 14.5. The van der Waals surface area contributed by atoms with Crippen LogP contribution in [0.25, 0.3) is 5.69 Å². The Morgan fingerprint density at radius 3 is 2.32 bits per heavy atom. The molecule has 3 aromatic rings. The Morgan fingerprint density at radius 1 is 1.04 bits per heavy atom. The minimum Gasteiger partial charge on any atom is -0.506 e. The lowest BCUT2D eigenvalue weighted by molar-refractivity contribution is 0.456. The van der Waals surface area contributed by atoms with Gasteiger partial charge in [0.25, 0.3) is 0 Å².